The topological polar surface area (TPSA) is 95.6 Å². The first-order valence-electron chi connectivity index (χ1n) is 9.81. The van der Waals surface area contributed by atoms with Crippen molar-refractivity contribution in [3.8, 4) is 0 Å². The molecule has 1 fully saturated rings. The van der Waals surface area contributed by atoms with Gasteiger partial charge in [0.05, 0.1) is 18.2 Å². The van der Waals surface area contributed by atoms with E-state index in [2.05, 4.69) is 10.0 Å². The molecule has 1 aliphatic heterocycles. The van der Waals surface area contributed by atoms with Crippen molar-refractivity contribution < 1.29 is 18.0 Å². The number of sulfonamides is 1. The largest absolute Gasteiger partial charge is 0.349 e. The van der Waals surface area contributed by atoms with Gasteiger partial charge in [-0.3, -0.25) is 9.59 Å². The van der Waals surface area contributed by atoms with Crippen LogP contribution in [0.4, 0.5) is 0 Å². The van der Waals surface area contributed by atoms with Gasteiger partial charge in [-0.1, -0.05) is 36.8 Å². The van der Waals surface area contributed by atoms with Gasteiger partial charge in [0.2, 0.25) is 21.8 Å². The summed E-state index contributed by atoms with van der Waals surface area (Å²) in [5.74, 6) is -0.0854. The minimum absolute atomic E-state index is 0.0332. The van der Waals surface area contributed by atoms with Crippen LogP contribution in [0.25, 0.3) is 0 Å². The van der Waals surface area contributed by atoms with Crippen LogP contribution >= 0.6 is 0 Å². The molecular formula is C20H31N3O4S. The van der Waals surface area contributed by atoms with Crippen LogP contribution in [0.2, 0.25) is 0 Å². The number of amides is 2. The average Bonchev–Trinajstić information content (AvgIpc) is 2.61. The van der Waals surface area contributed by atoms with E-state index in [1.807, 2.05) is 38.1 Å². The normalized spacial score (nSPS) is 16.6. The minimum atomic E-state index is -3.24. The number of rotatable bonds is 8. The van der Waals surface area contributed by atoms with Crippen molar-refractivity contribution in [2.24, 2.45) is 0 Å². The second-order valence-corrected chi connectivity index (χ2v) is 9.33. The molecule has 1 atom stereocenters. The number of nitrogens with one attached hydrogen (secondary N) is 2. The Morgan fingerprint density at radius 3 is 2.32 bits per heavy atom. The molecule has 28 heavy (non-hydrogen) atoms. The molecule has 7 nitrogen and oxygen atoms in total. The molecule has 1 aliphatic rings. The van der Waals surface area contributed by atoms with Crippen molar-refractivity contribution in [3.63, 3.8) is 0 Å². The third-order valence-corrected chi connectivity index (χ3v) is 6.54. The number of hydrogen-bond acceptors (Lipinski definition) is 4. The van der Waals surface area contributed by atoms with E-state index in [1.165, 1.54) is 6.92 Å². The quantitative estimate of drug-likeness (QED) is 0.685. The zero-order chi connectivity index (χ0) is 20.7. The van der Waals surface area contributed by atoms with Crippen molar-refractivity contribution in [1.82, 2.24) is 14.9 Å². The van der Waals surface area contributed by atoms with Crippen LogP contribution in [0, 0.1) is 6.92 Å². The van der Waals surface area contributed by atoms with Gasteiger partial charge in [-0.25, -0.2) is 13.1 Å². The number of likely N-dealkylation sites (tertiary alicyclic amines) is 1. The molecule has 0 saturated carbocycles. The van der Waals surface area contributed by atoms with Crippen molar-refractivity contribution in [2.75, 3.05) is 18.8 Å². The molecule has 0 spiro atoms. The third-order valence-electron chi connectivity index (χ3n) is 4.90. The van der Waals surface area contributed by atoms with E-state index >= 15 is 0 Å². The van der Waals surface area contributed by atoms with Gasteiger partial charge in [-0.15, -0.1) is 0 Å². The number of carbonyl (C=O) groups excluding carboxylic acids is 2. The zero-order valence-electron chi connectivity index (χ0n) is 16.9. The van der Waals surface area contributed by atoms with Crippen molar-refractivity contribution in [3.05, 3.63) is 35.4 Å². The van der Waals surface area contributed by atoms with Crippen LogP contribution in [0.3, 0.4) is 0 Å². The first-order chi connectivity index (χ1) is 13.2. The van der Waals surface area contributed by atoms with E-state index in [1.54, 1.807) is 4.90 Å². The molecule has 1 aromatic carbocycles. The Morgan fingerprint density at radius 2 is 1.79 bits per heavy atom. The molecule has 0 bridgehead atoms. The van der Waals surface area contributed by atoms with Gasteiger partial charge in [-0.2, -0.15) is 0 Å². The second kappa shape index (κ2) is 10.0. The lowest BCUT2D eigenvalue weighted by Gasteiger charge is -2.33. The van der Waals surface area contributed by atoms with Gasteiger partial charge < -0.3 is 10.2 Å². The number of benzene rings is 1. The van der Waals surface area contributed by atoms with E-state index in [-0.39, 0.29) is 36.1 Å². The fourth-order valence-corrected chi connectivity index (χ4v) is 4.83. The highest BCUT2D eigenvalue weighted by atomic mass is 32.2. The highest BCUT2D eigenvalue weighted by Crippen LogP contribution is 2.21. The summed E-state index contributed by atoms with van der Waals surface area (Å²) in [6, 6.07) is 7.29. The summed E-state index contributed by atoms with van der Waals surface area (Å²) in [5, 5.41) is 2.86. The van der Waals surface area contributed by atoms with Gasteiger partial charge in [-0.05, 0) is 31.7 Å². The second-order valence-electron chi connectivity index (χ2n) is 7.46. The van der Waals surface area contributed by atoms with Gasteiger partial charge >= 0.3 is 0 Å². The van der Waals surface area contributed by atoms with E-state index < -0.39 is 10.0 Å². The summed E-state index contributed by atoms with van der Waals surface area (Å²) in [6.45, 7) is 6.29. The van der Waals surface area contributed by atoms with Gasteiger partial charge in [0, 0.05) is 26.1 Å². The Labute approximate surface area is 167 Å². The number of piperidine rings is 1. The predicted molar refractivity (Wildman–Crippen MR) is 109 cm³/mol. The number of hydrogen-bond donors (Lipinski definition) is 2. The Bertz CT molecular complexity index is 769. The molecule has 2 N–H and O–H groups in total. The lowest BCUT2D eigenvalue weighted by Crippen LogP contribution is -2.47. The summed E-state index contributed by atoms with van der Waals surface area (Å²) in [5.41, 5.74) is 2.01. The SMILES string of the molecule is CCCS(=O)(=O)NC1CCN(C(=O)CC(NC(C)=O)c2ccc(C)cc2)CC1. The van der Waals surface area contributed by atoms with Crippen LogP contribution < -0.4 is 10.0 Å². The first kappa shape index (κ1) is 22.4. The van der Waals surface area contributed by atoms with E-state index in [0.29, 0.717) is 32.4 Å². The zero-order valence-corrected chi connectivity index (χ0v) is 17.7. The fraction of sp³-hybridized carbons (Fsp3) is 0.600. The van der Waals surface area contributed by atoms with Crippen LogP contribution in [-0.2, 0) is 19.6 Å². The molecule has 2 rings (SSSR count). The van der Waals surface area contributed by atoms with Crippen LogP contribution in [0.15, 0.2) is 24.3 Å². The van der Waals surface area contributed by atoms with Crippen LogP contribution in [-0.4, -0.2) is 50.0 Å². The minimum Gasteiger partial charge on any atom is -0.349 e. The molecule has 1 heterocycles. The lowest BCUT2D eigenvalue weighted by molar-refractivity contribution is -0.133. The molecule has 1 saturated heterocycles. The Kier molecular flexibility index (Phi) is 8.00. The van der Waals surface area contributed by atoms with E-state index in [4.69, 9.17) is 0 Å². The van der Waals surface area contributed by atoms with Gasteiger partial charge in [0.15, 0.2) is 0 Å². The van der Waals surface area contributed by atoms with Gasteiger partial charge in [0.1, 0.15) is 0 Å². The van der Waals surface area contributed by atoms with Crippen molar-refractivity contribution in [1.29, 1.82) is 0 Å². The molecule has 0 radical (unpaired) electrons. The van der Waals surface area contributed by atoms with Crippen LogP contribution in [0.1, 0.15) is 56.7 Å². The maximum Gasteiger partial charge on any atom is 0.224 e. The molecule has 156 valence electrons. The molecule has 0 aromatic heterocycles. The van der Waals surface area contributed by atoms with Crippen LogP contribution in [0.5, 0.6) is 0 Å². The summed E-state index contributed by atoms with van der Waals surface area (Å²) >= 11 is 0. The number of carbonyl (C=O) groups is 2. The summed E-state index contributed by atoms with van der Waals surface area (Å²) in [7, 11) is -3.24. The maximum absolute atomic E-state index is 12.8. The third kappa shape index (κ3) is 6.91. The lowest BCUT2D eigenvalue weighted by atomic mass is 10.00. The first-order valence-corrected chi connectivity index (χ1v) is 11.5. The number of nitrogens with zero attached hydrogens (tertiary/aromatic N) is 1. The fourth-order valence-electron chi connectivity index (χ4n) is 3.43. The summed E-state index contributed by atoms with van der Waals surface area (Å²) in [6.07, 6.45) is 1.97. The Balaban J connectivity index is 1.94. The molecule has 2 amide bonds. The monoisotopic (exact) mass is 409 g/mol. The smallest absolute Gasteiger partial charge is 0.224 e. The summed E-state index contributed by atoms with van der Waals surface area (Å²) in [4.78, 5) is 26.1. The molecular weight excluding hydrogens is 378 g/mol. The molecule has 0 aliphatic carbocycles. The van der Waals surface area contributed by atoms with Crippen molar-refractivity contribution >= 4 is 21.8 Å². The predicted octanol–water partition coefficient (Wildman–Crippen LogP) is 1.88. The highest BCUT2D eigenvalue weighted by Gasteiger charge is 2.27. The average molecular weight is 410 g/mol. The standard InChI is InChI=1S/C20H31N3O4S/c1-4-13-28(26,27)22-18-9-11-23(12-10-18)20(25)14-19(21-16(3)24)17-7-5-15(2)6-8-17/h5-8,18-19,22H,4,9-14H2,1-3H3,(H,21,24). The Hall–Kier alpha value is -1.93. The maximum atomic E-state index is 12.8. The number of aryl methyl sites for hydroxylation is 1. The molecule has 1 aromatic rings. The molecule has 8 heteroatoms. The van der Waals surface area contributed by atoms with E-state index in [9.17, 15) is 18.0 Å². The molecule has 1 unspecified atom stereocenters. The Morgan fingerprint density at radius 1 is 1.18 bits per heavy atom. The summed E-state index contributed by atoms with van der Waals surface area (Å²) < 4.78 is 26.6. The highest BCUT2D eigenvalue weighted by molar-refractivity contribution is 7.89. The van der Waals surface area contributed by atoms with E-state index in [0.717, 1.165) is 11.1 Å². The van der Waals surface area contributed by atoms with Crippen molar-refractivity contribution in [2.45, 2.75) is 58.5 Å². The van der Waals surface area contributed by atoms with Gasteiger partial charge in [0.25, 0.3) is 0 Å².